The van der Waals surface area contributed by atoms with Crippen LogP contribution in [0.5, 0.6) is 0 Å². The molecule has 2 unspecified atom stereocenters. The minimum Gasteiger partial charge on any atom is -0.379 e. The highest BCUT2D eigenvalue weighted by Gasteiger charge is 2.15. The van der Waals surface area contributed by atoms with E-state index in [2.05, 4.69) is 15.6 Å². The topological polar surface area (TPSA) is 54.9 Å². The summed E-state index contributed by atoms with van der Waals surface area (Å²) in [5.74, 6) is -0.945. The van der Waals surface area contributed by atoms with Crippen LogP contribution in [0, 0.1) is 11.6 Å². The van der Waals surface area contributed by atoms with Gasteiger partial charge in [-0.15, -0.1) is 24.0 Å². The fourth-order valence-electron chi connectivity index (χ4n) is 2.87. The third-order valence-corrected chi connectivity index (χ3v) is 4.47. The van der Waals surface area contributed by atoms with Crippen molar-refractivity contribution >= 4 is 29.9 Å². The van der Waals surface area contributed by atoms with Crippen molar-refractivity contribution in [3.8, 4) is 0 Å². The lowest BCUT2D eigenvalue weighted by molar-refractivity contribution is 0.0168. The highest BCUT2D eigenvalue weighted by Crippen LogP contribution is 2.18. The van der Waals surface area contributed by atoms with Crippen LogP contribution in [-0.2, 0) is 9.47 Å². The number of nitrogens with zero attached hydrogens (tertiary/aromatic N) is 1. The second kappa shape index (κ2) is 14.1. The molecule has 2 N–H and O–H groups in total. The van der Waals surface area contributed by atoms with Gasteiger partial charge < -0.3 is 20.1 Å². The third-order valence-electron chi connectivity index (χ3n) is 4.47. The van der Waals surface area contributed by atoms with E-state index in [1.807, 2.05) is 13.8 Å². The van der Waals surface area contributed by atoms with Gasteiger partial charge in [0, 0.05) is 38.8 Å². The predicted octanol–water partition coefficient (Wildman–Crippen LogP) is 3.83. The van der Waals surface area contributed by atoms with E-state index in [9.17, 15) is 8.78 Å². The average molecular weight is 511 g/mol. The number of guanidine groups is 1. The second-order valence-electron chi connectivity index (χ2n) is 6.78. The van der Waals surface area contributed by atoms with Crippen LogP contribution in [0.1, 0.15) is 44.6 Å². The van der Waals surface area contributed by atoms with Crippen LogP contribution < -0.4 is 10.6 Å². The second-order valence-corrected chi connectivity index (χ2v) is 6.78. The molecule has 2 atom stereocenters. The molecule has 0 spiro atoms. The molecule has 0 radical (unpaired) electrons. The van der Waals surface area contributed by atoms with Crippen molar-refractivity contribution in [3.63, 3.8) is 0 Å². The SMILES string of the molecule is CCNC(=NCC(C)c1ccc(F)c(F)c1)NCCCOCC1CCCO1.I. The smallest absolute Gasteiger partial charge is 0.191 e. The minimum atomic E-state index is -0.828. The zero-order chi connectivity index (χ0) is 19.5. The van der Waals surface area contributed by atoms with Gasteiger partial charge in [0.2, 0.25) is 0 Å². The summed E-state index contributed by atoms with van der Waals surface area (Å²) in [5.41, 5.74) is 0.732. The summed E-state index contributed by atoms with van der Waals surface area (Å²) in [6.45, 7) is 8.12. The molecule has 0 amide bonds. The number of ether oxygens (including phenoxy) is 2. The molecule has 1 saturated heterocycles. The summed E-state index contributed by atoms with van der Waals surface area (Å²) in [7, 11) is 0. The molecule has 1 aromatic carbocycles. The van der Waals surface area contributed by atoms with Crippen LogP contribution in [0.15, 0.2) is 23.2 Å². The van der Waals surface area contributed by atoms with Crippen LogP contribution in [-0.4, -0.2) is 51.5 Å². The quantitative estimate of drug-likeness (QED) is 0.217. The molecule has 0 aromatic heterocycles. The molecule has 2 rings (SSSR count). The molecule has 1 aliphatic rings. The van der Waals surface area contributed by atoms with Crippen LogP contribution in [0.2, 0.25) is 0 Å². The van der Waals surface area contributed by atoms with Crippen molar-refractivity contribution in [2.24, 2.45) is 4.99 Å². The molecule has 160 valence electrons. The molecule has 1 fully saturated rings. The van der Waals surface area contributed by atoms with Crippen LogP contribution in [0.25, 0.3) is 0 Å². The predicted molar refractivity (Wildman–Crippen MR) is 119 cm³/mol. The summed E-state index contributed by atoms with van der Waals surface area (Å²) in [6, 6.07) is 4.00. The fourth-order valence-corrected chi connectivity index (χ4v) is 2.87. The lowest BCUT2D eigenvalue weighted by Crippen LogP contribution is -2.38. The Bertz CT molecular complexity index is 599. The fraction of sp³-hybridized carbons (Fsp3) is 0.650. The molecule has 0 saturated carbocycles. The van der Waals surface area contributed by atoms with Crippen molar-refractivity contribution in [1.82, 2.24) is 10.6 Å². The van der Waals surface area contributed by atoms with Gasteiger partial charge in [-0.1, -0.05) is 13.0 Å². The third kappa shape index (κ3) is 9.00. The number of aliphatic imine (C=N–C) groups is 1. The van der Waals surface area contributed by atoms with Gasteiger partial charge in [0.1, 0.15) is 0 Å². The first-order chi connectivity index (χ1) is 13.1. The van der Waals surface area contributed by atoms with E-state index >= 15 is 0 Å². The molecule has 1 aliphatic heterocycles. The summed E-state index contributed by atoms with van der Waals surface area (Å²) in [5, 5.41) is 6.46. The molecule has 5 nitrogen and oxygen atoms in total. The van der Waals surface area contributed by atoms with Crippen molar-refractivity contribution in [2.75, 3.05) is 39.5 Å². The molecular weight excluding hydrogens is 479 g/mol. The highest BCUT2D eigenvalue weighted by atomic mass is 127. The zero-order valence-electron chi connectivity index (χ0n) is 16.7. The van der Waals surface area contributed by atoms with Crippen molar-refractivity contribution in [3.05, 3.63) is 35.4 Å². The monoisotopic (exact) mass is 511 g/mol. The maximum Gasteiger partial charge on any atom is 0.191 e. The Kier molecular flexibility index (Phi) is 12.6. The molecule has 8 heteroatoms. The van der Waals surface area contributed by atoms with Gasteiger partial charge in [0.15, 0.2) is 17.6 Å². The Hall–Kier alpha value is -1.00. The van der Waals surface area contributed by atoms with Gasteiger partial charge in [-0.25, -0.2) is 8.78 Å². The Morgan fingerprint density at radius 1 is 1.32 bits per heavy atom. The summed E-state index contributed by atoms with van der Waals surface area (Å²) in [4.78, 5) is 4.54. The van der Waals surface area contributed by atoms with Crippen LogP contribution in [0.4, 0.5) is 8.78 Å². The normalized spacial score (nSPS) is 17.9. The minimum absolute atomic E-state index is 0. The lowest BCUT2D eigenvalue weighted by atomic mass is 10.0. The van der Waals surface area contributed by atoms with Gasteiger partial charge in [-0.3, -0.25) is 4.99 Å². The van der Waals surface area contributed by atoms with E-state index in [0.29, 0.717) is 25.7 Å². The van der Waals surface area contributed by atoms with Crippen molar-refractivity contribution in [1.29, 1.82) is 0 Å². The standard InChI is InChI=1S/C20H31F2N3O2.HI/c1-3-23-20(24-9-5-10-26-14-17-6-4-11-27-17)25-13-15(2)16-7-8-18(21)19(22)12-16;/h7-8,12,15,17H,3-6,9-11,13-14H2,1-2H3,(H2,23,24,25);1H. The number of halogens is 3. The van der Waals surface area contributed by atoms with E-state index in [1.54, 1.807) is 6.07 Å². The molecule has 28 heavy (non-hydrogen) atoms. The molecular formula is C20H32F2IN3O2. The Labute approximate surface area is 183 Å². The first-order valence-electron chi connectivity index (χ1n) is 9.76. The summed E-state index contributed by atoms with van der Waals surface area (Å²) in [6.07, 6.45) is 3.34. The average Bonchev–Trinajstić information content (AvgIpc) is 3.17. The first-order valence-corrected chi connectivity index (χ1v) is 9.76. The molecule has 1 aromatic rings. The number of hydrogen-bond acceptors (Lipinski definition) is 3. The highest BCUT2D eigenvalue weighted by molar-refractivity contribution is 14.0. The molecule has 1 heterocycles. The Morgan fingerprint density at radius 2 is 2.14 bits per heavy atom. The summed E-state index contributed by atoms with van der Waals surface area (Å²) >= 11 is 0. The van der Waals surface area contributed by atoms with E-state index in [0.717, 1.165) is 50.6 Å². The van der Waals surface area contributed by atoms with E-state index in [-0.39, 0.29) is 36.0 Å². The van der Waals surface area contributed by atoms with E-state index in [1.165, 1.54) is 6.07 Å². The molecule has 0 aliphatic carbocycles. The lowest BCUT2D eigenvalue weighted by Gasteiger charge is -2.14. The van der Waals surface area contributed by atoms with Gasteiger partial charge in [0.25, 0.3) is 0 Å². The van der Waals surface area contributed by atoms with Crippen molar-refractivity contribution in [2.45, 2.75) is 45.1 Å². The van der Waals surface area contributed by atoms with Gasteiger partial charge in [0.05, 0.1) is 12.7 Å². The van der Waals surface area contributed by atoms with E-state index in [4.69, 9.17) is 9.47 Å². The number of hydrogen-bond donors (Lipinski definition) is 2. The number of nitrogens with one attached hydrogen (secondary N) is 2. The van der Waals surface area contributed by atoms with Gasteiger partial charge in [-0.2, -0.15) is 0 Å². The number of benzene rings is 1. The number of rotatable bonds is 10. The van der Waals surface area contributed by atoms with Gasteiger partial charge in [-0.05, 0) is 43.9 Å². The van der Waals surface area contributed by atoms with Crippen LogP contribution in [0.3, 0.4) is 0 Å². The van der Waals surface area contributed by atoms with Gasteiger partial charge >= 0.3 is 0 Å². The Balaban J connectivity index is 0.00000392. The van der Waals surface area contributed by atoms with Crippen LogP contribution >= 0.6 is 24.0 Å². The zero-order valence-corrected chi connectivity index (χ0v) is 19.0. The summed E-state index contributed by atoms with van der Waals surface area (Å²) < 4.78 is 37.6. The maximum atomic E-state index is 13.4. The van der Waals surface area contributed by atoms with Crippen molar-refractivity contribution < 1.29 is 18.3 Å². The largest absolute Gasteiger partial charge is 0.379 e. The maximum absolute atomic E-state index is 13.4. The van der Waals surface area contributed by atoms with E-state index < -0.39 is 11.6 Å². The molecule has 0 bridgehead atoms. The first kappa shape index (κ1) is 25.0. The Morgan fingerprint density at radius 3 is 2.82 bits per heavy atom.